The Morgan fingerprint density at radius 2 is 2.33 bits per heavy atom. The molecule has 0 aromatic carbocycles. The van der Waals surface area contributed by atoms with Crippen molar-refractivity contribution in [2.24, 2.45) is 13.0 Å². The molecule has 1 heterocycles. The third-order valence-electron chi connectivity index (χ3n) is 3.93. The van der Waals surface area contributed by atoms with Gasteiger partial charge in [0.2, 0.25) is 0 Å². The number of aryl methyl sites for hydroxylation is 2. The topological polar surface area (TPSA) is 41.3 Å². The molecule has 1 aliphatic rings. The molecule has 0 aliphatic heterocycles. The highest BCUT2D eigenvalue weighted by molar-refractivity contribution is 5.03. The number of aliphatic hydroxyl groups is 1. The van der Waals surface area contributed by atoms with Gasteiger partial charge in [-0.05, 0) is 50.8 Å². The van der Waals surface area contributed by atoms with Crippen molar-refractivity contribution >= 4 is 0 Å². The van der Waals surface area contributed by atoms with E-state index < -0.39 is 0 Å². The Bertz CT molecular complexity index is 364. The molecule has 18 heavy (non-hydrogen) atoms. The first kappa shape index (κ1) is 13.6. The number of hydrogen-bond acceptors (Lipinski definition) is 3. The Morgan fingerprint density at radius 1 is 1.50 bits per heavy atom. The highest BCUT2D eigenvalue weighted by Crippen LogP contribution is 2.25. The van der Waals surface area contributed by atoms with Crippen LogP contribution in [0, 0.1) is 5.92 Å². The summed E-state index contributed by atoms with van der Waals surface area (Å²) < 4.78 is 1.86. The van der Waals surface area contributed by atoms with Gasteiger partial charge in [0.25, 0.3) is 0 Å². The van der Waals surface area contributed by atoms with Crippen molar-refractivity contribution in [3.63, 3.8) is 0 Å². The van der Waals surface area contributed by atoms with Gasteiger partial charge in [-0.3, -0.25) is 4.68 Å². The first-order valence-corrected chi connectivity index (χ1v) is 6.99. The van der Waals surface area contributed by atoms with E-state index in [2.05, 4.69) is 23.2 Å². The van der Waals surface area contributed by atoms with E-state index in [1.165, 1.54) is 18.4 Å². The number of rotatable bonds is 6. The van der Waals surface area contributed by atoms with Crippen molar-refractivity contribution in [1.82, 2.24) is 14.7 Å². The molecule has 2 atom stereocenters. The van der Waals surface area contributed by atoms with Crippen LogP contribution in [0.2, 0.25) is 0 Å². The van der Waals surface area contributed by atoms with Gasteiger partial charge in [-0.15, -0.1) is 0 Å². The molecule has 2 rings (SSSR count). The Balaban J connectivity index is 1.64. The molecule has 102 valence electrons. The van der Waals surface area contributed by atoms with E-state index in [4.69, 9.17) is 0 Å². The zero-order chi connectivity index (χ0) is 13.0. The van der Waals surface area contributed by atoms with Crippen LogP contribution in [-0.4, -0.2) is 46.0 Å². The maximum atomic E-state index is 9.81. The average Bonchev–Trinajstić information content (AvgIpc) is 2.89. The zero-order valence-corrected chi connectivity index (χ0v) is 11.5. The molecule has 1 aromatic heterocycles. The van der Waals surface area contributed by atoms with E-state index in [0.717, 1.165) is 32.4 Å². The monoisotopic (exact) mass is 251 g/mol. The molecule has 0 bridgehead atoms. The van der Waals surface area contributed by atoms with Gasteiger partial charge in [-0.2, -0.15) is 5.10 Å². The molecule has 2 unspecified atom stereocenters. The molecule has 0 radical (unpaired) electrons. The van der Waals surface area contributed by atoms with Gasteiger partial charge in [0, 0.05) is 19.8 Å². The van der Waals surface area contributed by atoms with Crippen LogP contribution in [0.4, 0.5) is 0 Å². The van der Waals surface area contributed by atoms with Crippen LogP contribution in [0.15, 0.2) is 12.4 Å². The van der Waals surface area contributed by atoms with Crippen LogP contribution < -0.4 is 0 Å². The van der Waals surface area contributed by atoms with Crippen molar-refractivity contribution in [2.75, 3.05) is 20.1 Å². The molecule has 1 saturated carbocycles. The van der Waals surface area contributed by atoms with Crippen molar-refractivity contribution in [2.45, 2.75) is 38.2 Å². The summed E-state index contributed by atoms with van der Waals surface area (Å²) in [5.41, 5.74) is 1.31. The molecule has 4 nitrogen and oxygen atoms in total. The predicted octanol–water partition coefficient (Wildman–Crippen LogP) is 1.45. The lowest BCUT2D eigenvalue weighted by molar-refractivity contribution is 0.109. The van der Waals surface area contributed by atoms with Gasteiger partial charge < -0.3 is 10.0 Å². The minimum atomic E-state index is -0.0641. The third-order valence-corrected chi connectivity index (χ3v) is 3.93. The maximum Gasteiger partial charge on any atom is 0.0580 e. The lowest BCUT2D eigenvalue weighted by atomic mass is 10.1. The summed E-state index contributed by atoms with van der Waals surface area (Å²) in [4.78, 5) is 2.36. The molecule has 1 aromatic rings. The fourth-order valence-electron chi connectivity index (χ4n) is 2.88. The minimum absolute atomic E-state index is 0.0641. The molecular weight excluding hydrogens is 226 g/mol. The Morgan fingerprint density at radius 3 is 2.94 bits per heavy atom. The zero-order valence-electron chi connectivity index (χ0n) is 11.5. The van der Waals surface area contributed by atoms with E-state index in [9.17, 15) is 5.11 Å². The second-order valence-electron chi connectivity index (χ2n) is 5.65. The summed E-state index contributed by atoms with van der Waals surface area (Å²) in [6.45, 7) is 2.13. The molecule has 1 aliphatic carbocycles. The highest BCUT2D eigenvalue weighted by atomic mass is 16.3. The molecule has 0 spiro atoms. The van der Waals surface area contributed by atoms with E-state index in [0.29, 0.717) is 5.92 Å². The maximum absolute atomic E-state index is 9.81. The normalized spacial score (nSPS) is 24.0. The SMILES string of the molecule is CN(CCCc1cnn(C)c1)CC1CCCC1O. The standard InChI is InChI=1S/C14H25N3O/c1-16(11-13-6-3-7-14(13)18)8-4-5-12-9-15-17(2)10-12/h9-10,13-14,18H,3-8,11H2,1-2H3. The van der Waals surface area contributed by atoms with Crippen LogP contribution >= 0.6 is 0 Å². The van der Waals surface area contributed by atoms with E-state index >= 15 is 0 Å². The van der Waals surface area contributed by atoms with Crippen LogP contribution in [-0.2, 0) is 13.5 Å². The molecule has 1 fully saturated rings. The fraction of sp³-hybridized carbons (Fsp3) is 0.786. The number of nitrogens with zero attached hydrogens (tertiary/aromatic N) is 3. The summed E-state index contributed by atoms with van der Waals surface area (Å²) in [7, 11) is 4.12. The summed E-state index contributed by atoms with van der Waals surface area (Å²) in [5, 5.41) is 14.0. The Hall–Kier alpha value is -0.870. The van der Waals surface area contributed by atoms with Gasteiger partial charge in [0.05, 0.1) is 12.3 Å². The second kappa shape index (κ2) is 6.34. The van der Waals surface area contributed by atoms with E-state index in [1.54, 1.807) is 0 Å². The molecule has 1 N–H and O–H groups in total. The predicted molar refractivity (Wildman–Crippen MR) is 72.4 cm³/mol. The molecular formula is C14H25N3O. The van der Waals surface area contributed by atoms with Crippen molar-refractivity contribution < 1.29 is 5.11 Å². The third kappa shape index (κ3) is 3.82. The molecule has 0 amide bonds. The summed E-state index contributed by atoms with van der Waals surface area (Å²) in [6, 6.07) is 0. The smallest absolute Gasteiger partial charge is 0.0580 e. The van der Waals surface area contributed by atoms with Crippen LogP contribution in [0.5, 0.6) is 0 Å². The van der Waals surface area contributed by atoms with Crippen LogP contribution in [0.1, 0.15) is 31.2 Å². The van der Waals surface area contributed by atoms with Crippen LogP contribution in [0.3, 0.4) is 0 Å². The van der Waals surface area contributed by atoms with Gasteiger partial charge in [-0.25, -0.2) is 0 Å². The van der Waals surface area contributed by atoms with E-state index in [1.807, 2.05) is 17.9 Å². The lowest BCUT2D eigenvalue weighted by Crippen LogP contribution is -2.30. The van der Waals surface area contributed by atoms with Gasteiger partial charge in [0.1, 0.15) is 0 Å². The van der Waals surface area contributed by atoms with Crippen molar-refractivity contribution in [3.8, 4) is 0 Å². The summed E-state index contributed by atoms with van der Waals surface area (Å²) in [6.07, 6.45) is 9.58. The molecule has 0 saturated heterocycles. The van der Waals surface area contributed by atoms with Crippen molar-refractivity contribution in [3.05, 3.63) is 18.0 Å². The first-order chi connectivity index (χ1) is 8.65. The Kier molecular flexibility index (Phi) is 4.78. The Labute approximate surface area is 110 Å². The number of hydrogen-bond donors (Lipinski definition) is 1. The molecule has 4 heteroatoms. The largest absolute Gasteiger partial charge is 0.393 e. The quantitative estimate of drug-likeness (QED) is 0.832. The van der Waals surface area contributed by atoms with Gasteiger partial charge >= 0.3 is 0 Å². The van der Waals surface area contributed by atoms with E-state index in [-0.39, 0.29) is 6.10 Å². The van der Waals surface area contributed by atoms with Crippen molar-refractivity contribution in [1.29, 1.82) is 0 Å². The minimum Gasteiger partial charge on any atom is -0.393 e. The van der Waals surface area contributed by atoms with Gasteiger partial charge in [-0.1, -0.05) is 6.42 Å². The summed E-state index contributed by atoms with van der Waals surface area (Å²) in [5.74, 6) is 0.494. The lowest BCUT2D eigenvalue weighted by Gasteiger charge is -2.22. The number of aromatic nitrogens is 2. The highest BCUT2D eigenvalue weighted by Gasteiger charge is 2.25. The fourth-order valence-corrected chi connectivity index (χ4v) is 2.88. The van der Waals surface area contributed by atoms with Crippen LogP contribution in [0.25, 0.3) is 0 Å². The average molecular weight is 251 g/mol. The first-order valence-electron chi connectivity index (χ1n) is 6.99. The van der Waals surface area contributed by atoms with Gasteiger partial charge in [0.15, 0.2) is 0 Å². The summed E-state index contributed by atoms with van der Waals surface area (Å²) >= 11 is 0. The second-order valence-corrected chi connectivity index (χ2v) is 5.65. The number of aliphatic hydroxyl groups excluding tert-OH is 1.